The molecule has 0 aliphatic heterocycles. The lowest BCUT2D eigenvalue weighted by atomic mass is 10.1. The van der Waals surface area contributed by atoms with Crippen LogP contribution >= 0.6 is 0 Å². The first kappa shape index (κ1) is 19.5. The first-order valence-electron chi connectivity index (χ1n) is 8.62. The summed E-state index contributed by atoms with van der Waals surface area (Å²) in [6, 6.07) is 14.6. The van der Waals surface area contributed by atoms with Crippen molar-refractivity contribution < 1.29 is 14.3 Å². The van der Waals surface area contributed by atoms with Crippen molar-refractivity contribution in [2.45, 2.75) is 39.2 Å². The third-order valence-corrected chi connectivity index (χ3v) is 3.72. The van der Waals surface area contributed by atoms with Crippen molar-refractivity contribution in [2.75, 3.05) is 12.4 Å². The van der Waals surface area contributed by atoms with Gasteiger partial charge in [-0.15, -0.1) is 0 Å². The fourth-order valence-electron chi connectivity index (χ4n) is 2.39. The molecule has 0 aliphatic rings. The minimum Gasteiger partial charge on any atom is -0.497 e. The average molecular weight is 354 g/mol. The summed E-state index contributed by atoms with van der Waals surface area (Å²) in [4.78, 5) is 24.2. The lowest BCUT2D eigenvalue weighted by molar-refractivity contribution is -0.116. The number of ether oxygens (including phenoxy) is 1. The van der Waals surface area contributed by atoms with Crippen LogP contribution in [0.5, 0.6) is 5.75 Å². The van der Waals surface area contributed by atoms with E-state index in [1.54, 1.807) is 31.4 Å². The number of carbonyl (C=O) groups is 2. The van der Waals surface area contributed by atoms with E-state index in [2.05, 4.69) is 10.6 Å². The quantitative estimate of drug-likeness (QED) is 0.829. The van der Waals surface area contributed by atoms with Gasteiger partial charge in [0.2, 0.25) is 5.91 Å². The number of hydrogen-bond acceptors (Lipinski definition) is 3. The lowest BCUT2D eigenvalue weighted by Gasteiger charge is -2.20. The minimum atomic E-state index is -0.286. The van der Waals surface area contributed by atoms with Crippen LogP contribution in [-0.4, -0.2) is 24.5 Å². The van der Waals surface area contributed by atoms with Crippen molar-refractivity contribution in [1.82, 2.24) is 5.32 Å². The van der Waals surface area contributed by atoms with Gasteiger partial charge in [-0.1, -0.05) is 12.1 Å². The Morgan fingerprint density at radius 3 is 2.12 bits per heavy atom. The normalized spacial score (nSPS) is 10.9. The highest BCUT2D eigenvalue weighted by atomic mass is 16.5. The molecule has 2 aromatic carbocycles. The predicted octanol–water partition coefficient (Wildman–Crippen LogP) is 3.79. The van der Waals surface area contributed by atoms with Gasteiger partial charge in [-0.05, 0) is 69.2 Å². The fraction of sp³-hybridized carbons (Fsp3) is 0.333. The maximum Gasteiger partial charge on any atom is 0.251 e. The fourth-order valence-corrected chi connectivity index (χ4v) is 2.39. The Morgan fingerprint density at radius 1 is 0.962 bits per heavy atom. The molecule has 2 rings (SSSR count). The van der Waals surface area contributed by atoms with Crippen molar-refractivity contribution in [2.24, 2.45) is 0 Å². The second-order valence-electron chi connectivity index (χ2n) is 7.18. The van der Waals surface area contributed by atoms with E-state index in [4.69, 9.17) is 4.74 Å². The smallest absolute Gasteiger partial charge is 0.251 e. The molecular weight excluding hydrogens is 328 g/mol. The number of benzene rings is 2. The molecule has 5 heteroatoms. The first-order chi connectivity index (χ1) is 12.3. The highest BCUT2D eigenvalue weighted by Gasteiger charge is 2.15. The van der Waals surface area contributed by atoms with Gasteiger partial charge in [0.15, 0.2) is 0 Å². The van der Waals surface area contributed by atoms with E-state index < -0.39 is 0 Å². The molecule has 0 aliphatic carbocycles. The van der Waals surface area contributed by atoms with Crippen molar-refractivity contribution >= 4 is 17.5 Å². The van der Waals surface area contributed by atoms with Gasteiger partial charge in [-0.3, -0.25) is 9.59 Å². The predicted molar refractivity (Wildman–Crippen MR) is 104 cm³/mol. The van der Waals surface area contributed by atoms with E-state index in [-0.39, 0.29) is 17.4 Å². The highest BCUT2D eigenvalue weighted by molar-refractivity contribution is 5.96. The Bertz CT molecular complexity index is 744. The Balaban J connectivity index is 1.85. The lowest BCUT2D eigenvalue weighted by Crippen LogP contribution is -2.40. The molecule has 26 heavy (non-hydrogen) atoms. The molecule has 0 saturated heterocycles. The summed E-state index contributed by atoms with van der Waals surface area (Å²) >= 11 is 0. The number of carbonyl (C=O) groups excluding carboxylic acids is 2. The van der Waals surface area contributed by atoms with Crippen LogP contribution in [0.25, 0.3) is 0 Å². The zero-order chi connectivity index (χ0) is 19.2. The zero-order valence-corrected chi connectivity index (χ0v) is 15.8. The second kappa shape index (κ2) is 8.52. The summed E-state index contributed by atoms with van der Waals surface area (Å²) in [6.07, 6.45) is 1.04. The molecule has 0 unspecified atom stereocenters. The van der Waals surface area contributed by atoms with E-state index in [1.165, 1.54) is 0 Å². The number of anilines is 1. The maximum atomic E-state index is 12.1. The molecule has 0 spiro atoms. The van der Waals surface area contributed by atoms with Crippen LogP contribution < -0.4 is 15.4 Å². The van der Waals surface area contributed by atoms with Gasteiger partial charge in [0.25, 0.3) is 5.91 Å². The first-order valence-corrected chi connectivity index (χ1v) is 8.62. The topological polar surface area (TPSA) is 67.4 Å². The molecule has 0 fully saturated rings. The van der Waals surface area contributed by atoms with Crippen LogP contribution in [0.1, 0.15) is 43.1 Å². The van der Waals surface area contributed by atoms with Crippen molar-refractivity contribution in [3.05, 3.63) is 59.7 Å². The van der Waals surface area contributed by atoms with Crippen LogP contribution in [0.3, 0.4) is 0 Å². The van der Waals surface area contributed by atoms with Gasteiger partial charge in [0.1, 0.15) is 5.75 Å². The molecule has 138 valence electrons. The Morgan fingerprint density at radius 2 is 1.58 bits per heavy atom. The Hall–Kier alpha value is -2.82. The van der Waals surface area contributed by atoms with Crippen LogP contribution in [-0.2, 0) is 11.2 Å². The van der Waals surface area contributed by atoms with Gasteiger partial charge in [-0.2, -0.15) is 0 Å². The van der Waals surface area contributed by atoms with Crippen molar-refractivity contribution in [3.8, 4) is 5.75 Å². The van der Waals surface area contributed by atoms with Crippen LogP contribution in [0, 0.1) is 0 Å². The summed E-state index contributed by atoms with van der Waals surface area (Å²) in [6.45, 7) is 5.80. The largest absolute Gasteiger partial charge is 0.497 e. The molecular formula is C21H26N2O3. The number of amides is 2. The SMILES string of the molecule is COc1ccc(CCC(=O)Nc2ccc(C(=O)NC(C)(C)C)cc2)cc1. The van der Waals surface area contributed by atoms with E-state index in [1.807, 2.05) is 45.0 Å². The van der Waals surface area contributed by atoms with Gasteiger partial charge >= 0.3 is 0 Å². The monoisotopic (exact) mass is 354 g/mol. The molecule has 5 nitrogen and oxygen atoms in total. The Labute approximate surface area is 154 Å². The zero-order valence-electron chi connectivity index (χ0n) is 15.8. The van der Waals surface area contributed by atoms with Crippen LogP contribution in [0.4, 0.5) is 5.69 Å². The van der Waals surface area contributed by atoms with Gasteiger partial charge in [-0.25, -0.2) is 0 Å². The van der Waals surface area contributed by atoms with Crippen molar-refractivity contribution in [1.29, 1.82) is 0 Å². The summed E-state index contributed by atoms with van der Waals surface area (Å²) in [5, 5.41) is 5.76. The minimum absolute atomic E-state index is 0.0623. The van der Waals surface area contributed by atoms with Gasteiger partial charge in [0.05, 0.1) is 7.11 Å². The van der Waals surface area contributed by atoms with E-state index in [9.17, 15) is 9.59 Å². The summed E-state index contributed by atoms with van der Waals surface area (Å²) in [5.41, 5.74) is 2.04. The molecule has 0 aromatic heterocycles. The number of rotatable bonds is 6. The Kier molecular flexibility index (Phi) is 6.39. The summed E-state index contributed by atoms with van der Waals surface area (Å²) in [7, 11) is 1.63. The van der Waals surface area contributed by atoms with Gasteiger partial charge in [0, 0.05) is 23.2 Å². The number of aryl methyl sites for hydroxylation is 1. The third-order valence-electron chi connectivity index (χ3n) is 3.72. The highest BCUT2D eigenvalue weighted by Crippen LogP contribution is 2.14. The number of methoxy groups -OCH3 is 1. The van der Waals surface area contributed by atoms with Crippen LogP contribution in [0.15, 0.2) is 48.5 Å². The second-order valence-corrected chi connectivity index (χ2v) is 7.18. The molecule has 0 saturated carbocycles. The molecule has 0 heterocycles. The standard InChI is InChI=1S/C21H26N2O3/c1-21(2,3)23-20(25)16-8-10-17(11-9-16)22-19(24)14-7-15-5-12-18(26-4)13-6-15/h5-6,8-13H,7,14H2,1-4H3,(H,22,24)(H,23,25). The van der Waals surface area contributed by atoms with E-state index in [0.717, 1.165) is 11.3 Å². The maximum absolute atomic E-state index is 12.1. The molecule has 0 atom stereocenters. The van der Waals surface area contributed by atoms with E-state index >= 15 is 0 Å². The average Bonchev–Trinajstić information content (AvgIpc) is 2.59. The molecule has 2 aromatic rings. The van der Waals surface area contributed by atoms with Crippen molar-refractivity contribution in [3.63, 3.8) is 0 Å². The molecule has 0 radical (unpaired) electrons. The summed E-state index contributed by atoms with van der Waals surface area (Å²) < 4.78 is 5.12. The molecule has 0 bridgehead atoms. The number of hydrogen-bond donors (Lipinski definition) is 2. The third kappa shape index (κ3) is 6.24. The molecule has 2 amide bonds. The van der Waals surface area contributed by atoms with Crippen LogP contribution in [0.2, 0.25) is 0 Å². The summed E-state index contributed by atoms with van der Waals surface area (Å²) in [5.74, 6) is 0.608. The number of nitrogens with one attached hydrogen (secondary N) is 2. The van der Waals surface area contributed by atoms with Gasteiger partial charge < -0.3 is 15.4 Å². The molecule has 2 N–H and O–H groups in total. The van der Waals surface area contributed by atoms with E-state index in [0.29, 0.717) is 24.1 Å².